The standard InChI is InChI=1S/C58H45N/c1-57(2)52-23-13-10-21-48(52)50-32-28-40(36-54(50)57)45-18-12-15-25-56(45)59(42-31-33-51-49-22-11-14-24-53(49)58(3,4)55(51)37-42)41-29-26-39(27-30-41)44-35-34-43(38-16-6-5-7-17-38)46-19-8-9-20-47(44)46/h5-27,29-30,34-37H,28,32H2,1-4H3. The SMILES string of the molecule is CC1(C)C2=C(CCC(c3ccccc3N(c3c#cc4c(c3)C(C)(C)c3ccccc3-4)c3ccc(-c4ccc(-c5ccccc5)c5ccccc45)cc3)=C2)c2ccccc21. The van der Waals surface area contributed by atoms with Crippen LogP contribution in [0.2, 0.25) is 0 Å². The van der Waals surface area contributed by atoms with Crippen molar-refractivity contribution in [2.75, 3.05) is 4.90 Å². The highest BCUT2D eigenvalue weighted by Crippen LogP contribution is 2.54. The average Bonchev–Trinajstić information content (AvgIpc) is 3.66. The van der Waals surface area contributed by atoms with Crippen LogP contribution in [0.4, 0.5) is 17.1 Å². The molecular weight excluding hydrogens is 711 g/mol. The first-order valence-corrected chi connectivity index (χ1v) is 21.0. The van der Waals surface area contributed by atoms with E-state index in [1.807, 2.05) is 0 Å². The molecule has 0 aliphatic heterocycles. The predicted octanol–water partition coefficient (Wildman–Crippen LogP) is 15.5. The maximum Gasteiger partial charge on any atom is 0.0977 e. The number of hydrogen-bond acceptors (Lipinski definition) is 1. The molecule has 8 aromatic rings. The van der Waals surface area contributed by atoms with E-state index in [-0.39, 0.29) is 10.8 Å². The van der Waals surface area contributed by atoms with Gasteiger partial charge in [0.05, 0.1) is 11.4 Å². The Labute approximate surface area is 348 Å². The van der Waals surface area contributed by atoms with Crippen molar-refractivity contribution >= 4 is 39.0 Å². The van der Waals surface area contributed by atoms with Gasteiger partial charge in [0.1, 0.15) is 0 Å². The third kappa shape index (κ3) is 5.47. The molecule has 3 aliphatic rings. The average molecular weight is 756 g/mol. The Kier molecular flexibility index (Phi) is 7.98. The minimum Gasteiger partial charge on any atom is -0.303 e. The number of hydrogen-bond donors (Lipinski definition) is 0. The van der Waals surface area contributed by atoms with E-state index in [1.54, 1.807) is 0 Å². The molecule has 1 heteroatoms. The summed E-state index contributed by atoms with van der Waals surface area (Å²) < 4.78 is 0. The van der Waals surface area contributed by atoms with Gasteiger partial charge in [0, 0.05) is 27.6 Å². The summed E-state index contributed by atoms with van der Waals surface area (Å²) in [7, 11) is 0. The molecule has 59 heavy (non-hydrogen) atoms. The number of anilines is 3. The van der Waals surface area contributed by atoms with E-state index in [0.717, 1.165) is 35.5 Å². The summed E-state index contributed by atoms with van der Waals surface area (Å²) in [6, 6.07) is 69.8. The molecule has 0 spiro atoms. The Bertz CT molecular complexity index is 3030. The van der Waals surface area contributed by atoms with E-state index in [9.17, 15) is 0 Å². The smallest absolute Gasteiger partial charge is 0.0977 e. The van der Waals surface area contributed by atoms with Gasteiger partial charge in [-0.2, -0.15) is 0 Å². The molecule has 0 fully saturated rings. The van der Waals surface area contributed by atoms with Crippen molar-refractivity contribution in [3.63, 3.8) is 0 Å². The van der Waals surface area contributed by atoms with Crippen LogP contribution < -0.4 is 4.90 Å². The van der Waals surface area contributed by atoms with Crippen molar-refractivity contribution in [3.8, 4) is 33.4 Å². The largest absolute Gasteiger partial charge is 0.303 e. The number of benzene rings is 7. The van der Waals surface area contributed by atoms with Crippen molar-refractivity contribution in [2.45, 2.75) is 51.4 Å². The first-order valence-electron chi connectivity index (χ1n) is 21.0. The molecule has 0 amide bonds. The predicted molar refractivity (Wildman–Crippen MR) is 248 cm³/mol. The van der Waals surface area contributed by atoms with Crippen molar-refractivity contribution in [3.05, 3.63) is 221 Å². The van der Waals surface area contributed by atoms with Gasteiger partial charge in [-0.05, 0) is 121 Å². The summed E-state index contributed by atoms with van der Waals surface area (Å²) >= 11 is 0. The first-order chi connectivity index (χ1) is 28.8. The minimum absolute atomic E-state index is 0.0468. The molecule has 0 bridgehead atoms. The summed E-state index contributed by atoms with van der Waals surface area (Å²) in [6.07, 6.45) is 4.54. The maximum absolute atomic E-state index is 3.70. The van der Waals surface area contributed by atoms with Crippen LogP contribution in [0.25, 0.3) is 55.3 Å². The van der Waals surface area contributed by atoms with Gasteiger partial charge >= 0.3 is 0 Å². The molecule has 0 heterocycles. The van der Waals surface area contributed by atoms with E-state index >= 15 is 0 Å². The molecule has 282 valence electrons. The monoisotopic (exact) mass is 755 g/mol. The van der Waals surface area contributed by atoms with Crippen LogP contribution in [0, 0.1) is 12.1 Å². The second kappa shape index (κ2) is 13.3. The van der Waals surface area contributed by atoms with Crippen LogP contribution in [-0.4, -0.2) is 0 Å². The molecule has 0 N–H and O–H groups in total. The minimum atomic E-state index is -0.161. The number of para-hydroxylation sites is 1. The van der Waals surface area contributed by atoms with Crippen molar-refractivity contribution in [1.82, 2.24) is 0 Å². The topological polar surface area (TPSA) is 3.24 Å². The van der Waals surface area contributed by atoms with E-state index in [4.69, 9.17) is 0 Å². The maximum atomic E-state index is 3.70. The molecule has 0 aromatic heterocycles. The Morgan fingerprint density at radius 1 is 0.458 bits per heavy atom. The van der Waals surface area contributed by atoms with Crippen LogP contribution in [-0.2, 0) is 10.8 Å². The summed E-state index contributed by atoms with van der Waals surface area (Å²) in [5.74, 6) is 0. The summed E-state index contributed by atoms with van der Waals surface area (Å²) in [5, 5.41) is 2.51. The van der Waals surface area contributed by atoms with Crippen LogP contribution in [0.15, 0.2) is 182 Å². The van der Waals surface area contributed by atoms with E-state index < -0.39 is 0 Å². The number of nitrogens with zero attached hydrogens (tertiary/aromatic N) is 1. The number of fused-ring (bicyclic) bond motifs is 6. The first kappa shape index (κ1) is 35.3. The highest BCUT2D eigenvalue weighted by molar-refractivity contribution is 6.05. The lowest BCUT2D eigenvalue weighted by Gasteiger charge is -2.30. The Hall–Kier alpha value is -6.88. The number of rotatable bonds is 6. The molecular formula is C58H45N. The van der Waals surface area contributed by atoms with E-state index in [1.165, 1.54) is 83.1 Å². The Morgan fingerprint density at radius 2 is 1.03 bits per heavy atom. The van der Waals surface area contributed by atoms with Crippen molar-refractivity contribution < 1.29 is 0 Å². The van der Waals surface area contributed by atoms with E-state index in [0.29, 0.717) is 0 Å². The summed E-state index contributed by atoms with van der Waals surface area (Å²) in [5.41, 5.74) is 21.4. The van der Waals surface area contributed by atoms with Crippen molar-refractivity contribution in [2.24, 2.45) is 0 Å². The zero-order valence-corrected chi connectivity index (χ0v) is 34.1. The molecule has 0 saturated heterocycles. The molecule has 0 saturated carbocycles. The van der Waals surface area contributed by atoms with Crippen LogP contribution in [0.1, 0.15) is 68.4 Å². The van der Waals surface area contributed by atoms with Crippen molar-refractivity contribution in [1.29, 1.82) is 0 Å². The lowest BCUT2D eigenvalue weighted by atomic mass is 9.78. The van der Waals surface area contributed by atoms with Gasteiger partial charge in [0.25, 0.3) is 0 Å². The summed E-state index contributed by atoms with van der Waals surface area (Å²) in [4.78, 5) is 2.42. The molecule has 1 nitrogen and oxygen atoms in total. The molecule has 0 radical (unpaired) electrons. The van der Waals surface area contributed by atoms with Crippen LogP contribution in [0.5, 0.6) is 0 Å². The van der Waals surface area contributed by atoms with Gasteiger partial charge < -0.3 is 4.90 Å². The van der Waals surface area contributed by atoms with Crippen LogP contribution >= 0.6 is 0 Å². The highest BCUT2D eigenvalue weighted by atomic mass is 15.1. The molecule has 0 atom stereocenters. The second-order valence-electron chi connectivity index (χ2n) is 17.4. The molecule has 3 aliphatic carbocycles. The molecule has 0 unspecified atom stereocenters. The van der Waals surface area contributed by atoms with Gasteiger partial charge in [0.2, 0.25) is 0 Å². The van der Waals surface area contributed by atoms with Gasteiger partial charge in [-0.1, -0.05) is 185 Å². The Morgan fingerprint density at radius 3 is 1.75 bits per heavy atom. The van der Waals surface area contributed by atoms with Gasteiger partial charge in [-0.15, -0.1) is 0 Å². The lowest BCUT2D eigenvalue weighted by molar-refractivity contribution is 0.652. The highest BCUT2D eigenvalue weighted by Gasteiger charge is 2.39. The quantitative estimate of drug-likeness (QED) is 0.163. The van der Waals surface area contributed by atoms with E-state index in [2.05, 4.69) is 221 Å². The number of allylic oxidation sites excluding steroid dienone is 4. The zero-order chi connectivity index (χ0) is 39.9. The second-order valence-corrected chi connectivity index (χ2v) is 17.4. The Balaban J connectivity index is 1.06. The normalized spacial score (nSPS) is 15.5. The third-order valence-corrected chi connectivity index (χ3v) is 13.5. The lowest BCUT2D eigenvalue weighted by Crippen LogP contribution is -2.18. The molecule has 11 rings (SSSR count). The van der Waals surface area contributed by atoms with Gasteiger partial charge in [-0.3, -0.25) is 0 Å². The molecule has 8 aromatic carbocycles. The summed E-state index contributed by atoms with van der Waals surface area (Å²) in [6.45, 7) is 9.46. The fraction of sp³-hybridized carbons (Fsp3) is 0.138. The third-order valence-electron chi connectivity index (χ3n) is 13.5. The van der Waals surface area contributed by atoms with Gasteiger partial charge in [0.15, 0.2) is 0 Å². The fourth-order valence-electron chi connectivity index (χ4n) is 10.4. The van der Waals surface area contributed by atoms with Crippen LogP contribution in [0.3, 0.4) is 0 Å². The fourth-order valence-corrected chi connectivity index (χ4v) is 10.4. The zero-order valence-electron chi connectivity index (χ0n) is 34.1. The van der Waals surface area contributed by atoms with Gasteiger partial charge in [-0.25, -0.2) is 0 Å².